The van der Waals surface area contributed by atoms with E-state index >= 15 is 0 Å². The molecule has 0 aliphatic rings. The molecule has 5 heteroatoms. The lowest BCUT2D eigenvalue weighted by atomic mass is 10.1. The first-order chi connectivity index (χ1) is 9.06. The van der Waals surface area contributed by atoms with E-state index in [1.807, 2.05) is 6.07 Å². The van der Waals surface area contributed by atoms with E-state index in [1.54, 1.807) is 33.1 Å². The van der Waals surface area contributed by atoms with E-state index in [9.17, 15) is 4.79 Å². The Labute approximate surface area is 113 Å². The maximum absolute atomic E-state index is 11.4. The summed E-state index contributed by atoms with van der Waals surface area (Å²) in [5.74, 6) is 0.983. The van der Waals surface area contributed by atoms with E-state index in [-0.39, 0.29) is 18.7 Å². The van der Waals surface area contributed by atoms with E-state index in [0.29, 0.717) is 18.7 Å². The summed E-state index contributed by atoms with van der Waals surface area (Å²) >= 11 is 0. The van der Waals surface area contributed by atoms with Crippen molar-refractivity contribution in [1.82, 2.24) is 0 Å². The fourth-order valence-electron chi connectivity index (χ4n) is 1.61. The van der Waals surface area contributed by atoms with Gasteiger partial charge in [0.2, 0.25) is 0 Å². The molecule has 19 heavy (non-hydrogen) atoms. The third-order valence-corrected chi connectivity index (χ3v) is 2.39. The van der Waals surface area contributed by atoms with E-state index in [4.69, 9.17) is 19.9 Å². The second-order valence-electron chi connectivity index (χ2n) is 4.34. The molecule has 5 nitrogen and oxygen atoms in total. The Hall–Kier alpha value is -1.75. The van der Waals surface area contributed by atoms with Crippen LogP contribution in [0.4, 0.5) is 0 Å². The zero-order chi connectivity index (χ0) is 14.3. The predicted molar refractivity (Wildman–Crippen MR) is 72.5 cm³/mol. The van der Waals surface area contributed by atoms with Gasteiger partial charge in [-0.2, -0.15) is 0 Å². The van der Waals surface area contributed by atoms with Gasteiger partial charge in [0.1, 0.15) is 11.5 Å². The van der Waals surface area contributed by atoms with Crippen molar-refractivity contribution in [2.45, 2.75) is 26.4 Å². The van der Waals surface area contributed by atoms with Crippen LogP contribution in [0.3, 0.4) is 0 Å². The minimum Gasteiger partial charge on any atom is -0.497 e. The fourth-order valence-corrected chi connectivity index (χ4v) is 1.61. The molecule has 1 rings (SSSR count). The van der Waals surface area contributed by atoms with Crippen molar-refractivity contribution in [3.63, 3.8) is 0 Å². The summed E-state index contributed by atoms with van der Waals surface area (Å²) in [6.45, 7) is 3.98. The molecule has 0 amide bonds. The average molecular weight is 267 g/mol. The Morgan fingerprint density at radius 1 is 1.37 bits per heavy atom. The molecule has 0 radical (unpaired) electrons. The molecule has 0 saturated carbocycles. The number of esters is 1. The van der Waals surface area contributed by atoms with Crippen molar-refractivity contribution in [2.24, 2.45) is 5.73 Å². The molecular formula is C14H21NO4. The number of ether oxygens (including phenoxy) is 3. The molecule has 0 aliphatic carbocycles. The number of methoxy groups -OCH3 is 1. The van der Waals surface area contributed by atoms with Crippen LogP contribution in [0.15, 0.2) is 18.2 Å². The van der Waals surface area contributed by atoms with E-state index in [0.717, 1.165) is 11.3 Å². The number of carbonyl (C=O) groups excluding carboxylic acids is 1. The lowest BCUT2D eigenvalue weighted by molar-refractivity contribution is -0.149. The van der Waals surface area contributed by atoms with Gasteiger partial charge in [0.25, 0.3) is 0 Å². The van der Waals surface area contributed by atoms with Crippen molar-refractivity contribution >= 4 is 5.97 Å². The van der Waals surface area contributed by atoms with Gasteiger partial charge in [0.15, 0.2) is 6.61 Å². The summed E-state index contributed by atoms with van der Waals surface area (Å²) in [6, 6.07) is 5.41. The molecule has 0 bridgehead atoms. The Balaban J connectivity index is 2.68. The normalized spacial score (nSPS) is 10.4. The van der Waals surface area contributed by atoms with Crippen LogP contribution in [0.2, 0.25) is 0 Å². The lowest BCUT2D eigenvalue weighted by Crippen LogP contribution is -2.19. The van der Waals surface area contributed by atoms with Gasteiger partial charge in [-0.15, -0.1) is 0 Å². The molecule has 1 aromatic rings. The number of rotatable bonds is 7. The van der Waals surface area contributed by atoms with E-state index in [1.165, 1.54) is 0 Å². The molecule has 0 unspecified atom stereocenters. The summed E-state index contributed by atoms with van der Waals surface area (Å²) in [6.07, 6.45) is 0.515. The number of hydrogen-bond donors (Lipinski definition) is 1. The largest absolute Gasteiger partial charge is 0.497 e. The first kappa shape index (κ1) is 15.3. The number of nitrogens with two attached hydrogens (primary N) is 1. The van der Waals surface area contributed by atoms with Crippen LogP contribution in [0.5, 0.6) is 11.5 Å². The summed E-state index contributed by atoms with van der Waals surface area (Å²) < 4.78 is 15.6. The van der Waals surface area contributed by atoms with E-state index < -0.39 is 0 Å². The first-order valence-electron chi connectivity index (χ1n) is 6.26. The Bertz CT molecular complexity index is 418. The lowest BCUT2D eigenvalue weighted by Gasteiger charge is -2.13. The zero-order valence-electron chi connectivity index (χ0n) is 11.6. The van der Waals surface area contributed by atoms with Gasteiger partial charge in [-0.1, -0.05) is 0 Å². The smallest absolute Gasteiger partial charge is 0.344 e. The summed E-state index contributed by atoms with van der Waals surface area (Å²) in [5.41, 5.74) is 6.47. The Kier molecular flexibility index (Phi) is 6.15. The SMILES string of the molecule is COc1ccc(OCC(=O)OC(C)C)c(CCN)c1. The highest BCUT2D eigenvalue weighted by atomic mass is 16.6. The zero-order valence-corrected chi connectivity index (χ0v) is 11.6. The van der Waals surface area contributed by atoms with Crippen molar-refractivity contribution < 1.29 is 19.0 Å². The standard InChI is InChI=1S/C14H21NO4/c1-10(2)19-14(16)9-18-13-5-4-12(17-3)8-11(13)6-7-15/h4-5,8,10H,6-7,9,15H2,1-3H3. The minimum absolute atomic E-state index is 0.109. The topological polar surface area (TPSA) is 70.8 Å². The fraction of sp³-hybridized carbons (Fsp3) is 0.500. The second kappa shape index (κ2) is 7.63. The maximum Gasteiger partial charge on any atom is 0.344 e. The molecule has 1 aromatic carbocycles. The van der Waals surface area contributed by atoms with Crippen LogP contribution in [0.1, 0.15) is 19.4 Å². The molecule has 0 aliphatic heterocycles. The van der Waals surface area contributed by atoms with Crippen molar-refractivity contribution in [3.05, 3.63) is 23.8 Å². The van der Waals surface area contributed by atoms with Crippen LogP contribution in [-0.4, -0.2) is 32.3 Å². The molecule has 0 spiro atoms. The number of hydrogen-bond acceptors (Lipinski definition) is 5. The highest BCUT2D eigenvalue weighted by Gasteiger charge is 2.10. The van der Waals surface area contributed by atoms with Gasteiger partial charge < -0.3 is 19.9 Å². The summed E-state index contributed by atoms with van der Waals surface area (Å²) in [4.78, 5) is 11.4. The van der Waals surface area contributed by atoms with Crippen LogP contribution in [0.25, 0.3) is 0 Å². The highest BCUT2D eigenvalue weighted by Crippen LogP contribution is 2.24. The Morgan fingerprint density at radius 3 is 2.68 bits per heavy atom. The van der Waals surface area contributed by atoms with Gasteiger partial charge in [0.05, 0.1) is 13.2 Å². The third-order valence-electron chi connectivity index (χ3n) is 2.39. The summed E-state index contributed by atoms with van der Waals surface area (Å²) in [7, 11) is 1.60. The minimum atomic E-state index is -0.385. The Morgan fingerprint density at radius 2 is 2.11 bits per heavy atom. The first-order valence-corrected chi connectivity index (χ1v) is 6.26. The van der Waals surface area contributed by atoms with Gasteiger partial charge in [-0.3, -0.25) is 0 Å². The number of carbonyl (C=O) groups is 1. The molecular weight excluding hydrogens is 246 g/mol. The van der Waals surface area contributed by atoms with Crippen LogP contribution in [-0.2, 0) is 16.0 Å². The van der Waals surface area contributed by atoms with Crippen LogP contribution in [0, 0.1) is 0 Å². The molecule has 0 fully saturated rings. The van der Waals surface area contributed by atoms with Crippen molar-refractivity contribution in [2.75, 3.05) is 20.3 Å². The molecule has 2 N–H and O–H groups in total. The van der Waals surface area contributed by atoms with Crippen LogP contribution < -0.4 is 15.2 Å². The van der Waals surface area contributed by atoms with Gasteiger partial charge in [-0.05, 0) is 50.6 Å². The summed E-state index contributed by atoms with van der Waals surface area (Å²) in [5, 5.41) is 0. The third kappa shape index (κ3) is 5.18. The molecule has 106 valence electrons. The quantitative estimate of drug-likeness (QED) is 0.758. The van der Waals surface area contributed by atoms with Gasteiger partial charge in [-0.25, -0.2) is 4.79 Å². The average Bonchev–Trinajstić information content (AvgIpc) is 2.36. The molecule has 0 saturated heterocycles. The van der Waals surface area contributed by atoms with Gasteiger partial charge in [0, 0.05) is 0 Å². The number of benzene rings is 1. The van der Waals surface area contributed by atoms with E-state index in [2.05, 4.69) is 0 Å². The van der Waals surface area contributed by atoms with Crippen LogP contribution >= 0.6 is 0 Å². The monoisotopic (exact) mass is 267 g/mol. The van der Waals surface area contributed by atoms with Crippen molar-refractivity contribution in [3.8, 4) is 11.5 Å². The molecule has 0 heterocycles. The molecule has 0 aromatic heterocycles. The maximum atomic E-state index is 11.4. The second-order valence-corrected chi connectivity index (χ2v) is 4.34. The highest BCUT2D eigenvalue weighted by molar-refractivity contribution is 5.71. The van der Waals surface area contributed by atoms with Crippen molar-refractivity contribution in [1.29, 1.82) is 0 Å². The molecule has 0 atom stereocenters. The predicted octanol–water partition coefficient (Wildman–Crippen LogP) is 1.53. The van der Waals surface area contributed by atoms with Gasteiger partial charge >= 0.3 is 5.97 Å².